The van der Waals surface area contributed by atoms with Crippen molar-refractivity contribution in [3.8, 4) is 0 Å². The van der Waals surface area contributed by atoms with Crippen molar-refractivity contribution in [1.82, 2.24) is 10.6 Å². The highest BCUT2D eigenvalue weighted by molar-refractivity contribution is 6.34. The van der Waals surface area contributed by atoms with Gasteiger partial charge in [-0.25, -0.2) is 0 Å². The van der Waals surface area contributed by atoms with E-state index in [-0.39, 0.29) is 0 Å². The molecule has 0 bridgehead atoms. The molecule has 0 saturated heterocycles. The molecule has 1 aliphatic rings. The highest BCUT2D eigenvalue weighted by atomic mass is 16.2. The lowest BCUT2D eigenvalue weighted by Crippen LogP contribution is -2.39. The van der Waals surface area contributed by atoms with Crippen LogP contribution in [0, 0.1) is 5.92 Å². The Morgan fingerprint density at radius 1 is 1.23 bits per heavy atom. The molecule has 2 N–H and O–H groups in total. The topological polar surface area (TPSA) is 58.2 Å². The first-order valence-corrected chi connectivity index (χ1v) is 4.74. The zero-order valence-electron chi connectivity index (χ0n) is 7.93. The molecule has 1 rings (SSSR count). The van der Waals surface area contributed by atoms with Crippen LogP contribution in [0.1, 0.15) is 25.7 Å². The van der Waals surface area contributed by atoms with Gasteiger partial charge in [0.25, 0.3) is 0 Å². The number of amides is 2. The smallest absolute Gasteiger partial charge is 0.309 e. The van der Waals surface area contributed by atoms with E-state index in [9.17, 15) is 9.59 Å². The summed E-state index contributed by atoms with van der Waals surface area (Å²) in [5.74, 6) is -0.499. The van der Waals surface area contributed by atoms with Gasteiger partial charge >= 0.3 is 11.8 Å². The zero-order chi connectivity index (χ0) is 9.68. The summed E-state index contributed by atoms with van der Waals surface area (Å²) in [6.45, 7) is 0.645. The summed E-state index contributed by atoms with van der Waals surface area (Å²) in [5, 5.41) is 4.91. The number of carbonyl (C=O) groups is 2. The molecule has 0 heterocycles. The Morgan fingerprint density at radius 3 is 2.38 bits per heavy atom. The second-order valence-corrected chi connectivity index (χ2v) is 3.44. The van der Waals surface area contributed by atoms with E-state index >= 15 is 0 Å². The summed E-state index contributed by atoms with van der Waals surface area (Å²) in [6.07, 6.45) is 4.85. The fraction of sp³-hybridized carbons (Fsp3) is 0.778. The molecule has 4 heteroatoms. The molecule has 0 radical (unpaired) electrons. The Balaban J connectivity index is 2.17. The Morgan fingerprint density at radius 2 is 1.85 bits per heavy atom. The third kappa shape index (κ3) is 3.05. The van der Waals surface area contributed by atoms with E-state index in [2.05, 4.69) is 10.6 Å². The van der Waals surface area contributed by atoms with Gasteiger partial charge in [-0.05, 0) is 18.8 Å². The van der Waals surface area contributed by atoms with Crippen molar-refractivity contribution < 1.29 is 9.59 Å². The third-order valence-corrected chi connectivity index (χ3v) is 2.46. The van der Waals surface area contributed by atoms with Gasteiger partial charge < -0.3 is 10.6 Å². The van der Waals surface area contributed by atoms with Crippen LogP contribution in [0.3, 0.4) is 0 Å². The van der Waals surface area contributed by atoms with Crippen molar-refractivity contribution in [3.63, 3.8) is 0 Å². The van der Waals surface area contributed by atoms with Crippen LogP contribution in [0.25, 0.3) is 0 Å². The molecule has 0 atom stereocenters. The molecule has 1 aliphatic carbocycles. The number of hydrogen-bond donors (Lipinski definition) is 2. The largest absolute Gasteiger partial charge is 0.351 e. The standard InChI is InChI=1S/C9H16N2O2/c1-10-8(12)9(13)11-6-7-4-2-3-5-7/h7H,2-6H2,1H3,(H,10,12)(H,11,13). The van der Waals surface area contributed by atoms with E-state index in [4.69, 9.17) is 0 Å². The van der Waals surface area contributed by atoms with Crippen molar-refractivity contribution in [3.05, 3.63) is 0 Å². The van der Waals surface area contributed by atoms with Crippen LogP contribution >= 0.6 is 0 Å². The summed E-state index contributed by atoms with van der Waals surface area (Å²) in [6, 6.07) is 0. The Bertz CT molecular complexity index is 198. The van der Waals surface area contributed by atoms with Crippen LogP contribution in [-0.2, 0) is 9.59 Å². The minimum Gasteiger partial charge on any atom is -0.351 e. The summed E-state index contributed by atoms with van der Waals surface area (Å²) in [4.78, 5) is 21.8. The SMILES string of the molecule is CNC(=O)C(=O)NCC1CCCC1. The van der Waals surface area contributed by atoms with E-state index in [1.165, 1.54) is 32.7 Å². The second kappa shape index (κ2) is 4.84. The summed E-state index contributed by atoms with van der Waals surface area (Å²) < 4.78 is 0. The van der Waals surface area contributed by atoms with E-state index < -0.39 is 11.8 Å². The minimum absolute atomic E-state index is 0.519. The van der Waals surface area contributed by atoms with Crippen molar-refractivity contribution in [2.75, 3.05) is 13.6 Å². The van der Waals surface area contributed by atoms with Gasteiger partial charge in [0.05, 0.1) is 0 Å². The van der Waals surface area contributed by atoms with E-state index in [0.717, 1.165) is 0 Å². The van der Waals surface area contributed by atoms with E-state index in [1.54, 1.807) is 0 Å². The fourth-order valence-corrected chi connectivity index (χ4v) is 1.65. The van der Waals surface area contributed by atoms with Gasteiger partial charge in [0.2, 0.25) is 0 Å². The van der Waals surface area contributed by atoms with Crippen LogP contribution in [0.2, 0.25) is 0 Å². The van der Waals surface area contributed by atoms with Crippen molar-refractivity contribution >= 4 is 11.8 Å². The number of likely N-dealkylation sites (N-methyl/N-ethyl adjacent to an activating group) is 1. The van der Waals surface area contributed by atoms with Gasteiger partial charge in [0.1, 0.15) is 0 Å². The molecule has 1 fully saturated rings. The molecular weight excluding hydrogens is 168 g/mol. The maximum Gasteiger partial charge on any atom is 0.309 e. The Hall–Kier alpha value is -1.06. The van der Waals surface area contributed by atoms with Crippen LogP contribution in [-0.4, -0.2) is 25.4 Å². The van der Waals surface area contributed by atoms with Gasteiger partial charge in [0.15, 0.2) is 0 Å². The first-order chi connectivity index (χ1) is 6.24. The molecule has 0 unspecified atom stereocenters. The maximum absolute atomic E-state index is 11.0. The number of nitrogens with one attached hydrogen (secondary N) is 2. The minimum atomic E-state index is -0.557. The molecule has 0 aromatic heterocycles. The quantitative estimate of drug-likeness (QED) is 0.595. The van der Waals surface area contributed by atoms with Crippen molar-refractivity contribution in [2.24, 2.45) is 5.92 Å². The molecule has 0 aromatic carbocycles. The van der Waals surface area contributed by atoms with Gasteiger partial charge in [-0.2, -0.15) is 0 Å². The van der Waals surface area contributed by atoms with E-state index in [1.807, 2.05) is 0 Å². The van der Waals surface area contributed by atoms with E-state index in [0.29, 0.717) is 12.5 Å². The molecule has 0 aromatic rings. The molecule has 74 valence electrons. The predicted molar refractivity (Wildman–Crippen MR) is 49.0 cm³/mol. The number of rotatable bonds is 2. The van der Waals surface area contributed by atoms with Gasteiger partial charge in [0, 0.05) is 13.6 Å². The van der Waals surface area contributed by atoms with Crippen LogP contribution < -0.4 is 10.6 Å². The first kappa shape index (κ1) is 10.0. The highest BCUT2D eigenvalue weighted by Gasteiger charge is 2.17. The van der Waals surface area contributed by atoms with Crippen LogP contribution in [0.5, 0.6) is 0 Å². The second-order valence-electron chi connectivity index (χ2n) is 3.44. The monoisotopic (exact) mass is 184 g/mol. The normalized spacial score (nSPS) is 17.0. The summed E-state index contributed by atoms with van der Waals surface area (Å²) >= 11 is 0. The van der Waals surface area contributed by atoms with Crippen LogP contribution in [0.15, 0.2) is 0 Å². The van der Waals surface area contributed by atoms with Gasteiger partial charge in [-0.3, -0.25) is 9.59 Å². The molecule has 0 spiro atoms. The van der Waals surface area contributed by atoms with Crippen molar-refractivity contribution in [2.45, 2.75) is 25.7 Å². The first-order valence-electron chi connectivity index (χ1n) is 4.74. The average molecular weight is 184 g/mol. The Labute approximate surface area is 78.1 Å². The predicted octanol–water partition coefficient (Wildman–Crippen LogP) is 0.0388. The molecule has 2 amide bonds. The molecule has 4 nitrogen and oxygen atoms in total. The average Bonchev–Trinajstić information content (AvgIpc) is 2.65. The third-order valence-electron chi connectivity index (χ3n) is 2.46. The zero-order valence-corrected chi connectivity index (χ0v) is 7.93. The Kier molecular flexibility index (Phi) is 3.73. The molecule has 13 heavy (non-hydrogen) atoms. The van der Waals surface area contributed by atoms with Gasteiger partial charge in [-0.1, -0.05) is 12.8 Å². The fourth-order valence-electron chi connectivity index (χ4n) is 1.65. The van der Waals surface area contributed by atoms with Gasteiger partial charge in [-0.15, -0.1) is 0 Å². The summed E-state index contributed by atoms with van der Waals surface area (Å²) in [5.41, 5.74) is 0. The highest BCUT2D eigenvalue weighted by Crippen LogP contribution is 2.23. The lowest BCUT2D eigenvalue weighted by molar-refractivity contribution is -0.139. The molecule has 0 aliphatic heterocycles. The lowest BCUT2D eigenvalue weighted by Gasteiger charge is -2.09. The van der Waals surface area contributed by atoms with Crippen LogP contribution in [0.4, 0.5) is 0 Å². The maximum atomic E-state index is 11.0. The van der Waals surface area contributed by atoms with Crippen molar-refractivity contribution in [1.29, 1.82) is 0 Å². The molecule has 1 saturated carbocycles. The number of carbonyl (C=O) groups excluding carboxylic acids is 2. The summed E-state index contributed by atoms with van der Waals surface area (Å²) in [7, 11) is 1.46. The molecular formula is C9H16N2O2. The number of hydrogen-bond acceptors (Lipinski definition) is 2. The lowest BCUT2D eigenvalue weighted by atomic mass is 10.1.